The quantitative estimate of drug-likeness (QED) is 0.369. The zero-order valence-electron chi connectivity index (χ0n) is 23.0. The fraction of sp³-hybridized carbons (Fsp3) is 0.542. The van der Waals surface area contributed by atoms with Crippen molar-refractivity contribution in [3.8, 4) is 11.6 Å². The number of nitrogens with zero attached hydrogens (tertiary/aromatic N) is 3. The third kappa shape index (κ3) is 7.13. The highest BCUT2D eigenvalue weighted by atomic mass is 32.2. The Morgan fingerprint density at radius 3 is 2.56 bits per heavy atom. The van der Waals surface area contributed by atoms with Crippen molar-refractivity contribution >= 4 is 33.4 Å². The first-order valence-electron chi connectivity index (χ1n) is 12.5. The number of rotatable bonds is 10. The Balaban J connectivity index is 2.05. The van der Waals surface area contributed by atoms with E-state index in [2.05, 4.69) is 20.5 Å². The number of aromatic nitrogens is 2. The van der Waals surface area contributed by atoms with Crippen LogP contribution in [0.1, 0.15) is 34.6 Å². The lowest BCUT2D eigenvalue weighted by Gasteiger charge is -2.38. The van der Waals surface area contributed by atoms with Crippen LogP contribution in [0.4, 0.5) is 29.3 Å². The summed E-state index contributed by atoms with van der Waals surface area (Å²) in [5.74, 6) is -0.574. The number of fused-ring (bicyclic) bond motifs is 1. The Morgan fingerprint density at radius 2 is 1.98 bits per heavy atom. The van der Waals surface area contributed by atoms with E-state index in [0.717, 1.165) is 4.31 Å². The molecule has 17 heteroatoms. The van der Waals surface area contributed by atoms with Crippen molar-refractivity contribution < 1.29 is 50.5 Å². The lowest BCUT2D eigenvalue weighted by molar-refractivity contribution is -0.242. The van der Waals surface area contributed by atoms with Gasteiger partial charge in [0.05, 0.1) is 24.9 Å². The van der Waals surface area contributed by atoms with E-state index >= 15 is 0 Å². The van der Waals surface area contributed by atoms with Crippen LogP contribution in [-0.4, -0.2) is 79.0 Å². The Morgan fingerprint density at radius 1 is 1.29 bits per heavy atom. The van der Waals surface area contributed by atoms with Crippen LogP contribution >= 0.6 is 0 Å². The number of anilines is 2. The van der Waals surface area contributed by atoms with E-state index in [1.165, 1.54) is 36.0 Å². The second kappa shape index (κ2) is 12.0. The van der Waals surface area contributed by atoms with Crippen molar-refractivity contribution in [1.29, 1.82) is 0 Å². The second-order valence-corrected chi connectivity index (χ2v) is 11.4. The van der Waals surface area contributed by atoms with Gasteiger partial charge in [-0.1, -0.05) is 0 Å². The maximum atomic E-state index is 14.0. The van der Waals surface area contributed by atoms with Crippen LogP contribution in [0.2, 0.25) is 0 Å². The Bertz CT molecular complexity index is 1380. The normalized spacial score (nSPS) is 16.3. The molecule has 2 atom stereocenters. The molecule has 0 radical (unpaired) electrons. The van der Waals surface area contributed by atoms with E-state index in [9.17, 15) is 36.3 Å². The van der Waals surface area contributed by atoms with Crippen LogP contribution in [0.5, 0.6) is 11.6 Å². The highest BCUT2D eigenvalue weighted by Crippen LogP contribution is 2.41. The molecule has 13 nitrogen and oxygen atoms in total. The molecule has 1 aliphatic heterocycles. The van der Waals surface area contributed by atoms with Gasteiger partial charge in [-0.05, 0) is 45.9 Å². The SMILES string of the molecule is CCn1cc(S(=O)(=O)N2C[C@H]([C@H](C)NC(C)=O)Oc3ccc(NC(=O)OC(C)(C)C(F)(F)F)cc32)c(OCCO)n1. The van der Waals surface area contributed by atoms with E-state index in [0.29, 0.717) is 20.4 Å². The van der Waals surface area contributed by atoms with Gasteiger partial charge in [0.2, 0.25) is 11.5 Å². The van der Waals surface area contributed by atoms with Gasteiger partial charge in [-0.2, -0.15) is 13.2 Å². The summed E-state index contributed by atoms with van der Waals surface area (Å²) < 4.78 is 85.7. The van der Waals surface area contributed by atoms with E-state index in [-0.39, 0.29) is 47.0 Å². The van der Waals surface area contributed by atoms with Crippen molar-refractivity contribution in [2.45, 2.75) is 70.0 Å². The zero-order valence-corrected chi connectivity index (χ0v) is 23.8. The third-order valence-corrected chi connectivity index (χ3v) is 7.80. The van der Waals surface area contributed by atoms with Crippen molar-refractivity contribution in [3.05, 3.63) is 24.4 Å². The number of halogens is 3. The fourth-order valence-electron chi connectivity index (χ4n) is 3.77. The number of carbonyl (C=O) groups excluding carboxylic acids is 2. The summed E-state index contributed by atoms with van der Waals surface area (Å²) in [7, 11) is -4.46. The molecule has 3 rings (SSSR count). The molecule has 0 unspecified atom stereocenters. The minimum absolute atomic E-state index is 0.0530. The number of alkyl halides is 3. The molecule has 2 aromatic rings. The second-order valence-electron chi connectivity index (χ2n) is 9.61. The zero-order chi connectivity index (χ0) is 30.8. The molecule has 0 spiro atoms. The van der Waals surface area contributed by atoms with Gasteiger partial charge in [-0.15, -0.1) is 5.10 Å². The molecule has 2 heterocycles. The third-order valence-electron chi connectivity index (χ3n) is 6.04. The summed E-state index contributed by atoms with van der Waals surface area (Å²) in [5, 5.41) is 18.1. The van der Waals surface area contributed by atoms with Crippen LogP contribution in [0, 0.1) is 0 Å². The van der Waals surface area contributed by atoms with Crippen molar-refractivity contribution in [2.24, 2.45) is 0 Å². The molecule has 1 aromatic heterocycles. The molecule has 0 fully saturated rings. The molecule has 2 amide bonds. The summed E-state index contributed by atoms with van der Waals surface area (Å²) >= 11 is 0. The average molecular weight is 608 g/mol. The minimum atomic E-state index is -4.84. The first-order valence-corrected chi connectivity index (χ1v) is 13.9. The van der Waals surface area contributed by atoms with Crippen LogP contribution < -0.4 is 24.4 Å². The van der Waals surface area contributed by atoms with Crippen molar-refractivity contribution in [3.63, 3.8) is 0 Å². The smallest absolute Gasteiger partial charge is 0.427 e. The van der Waals surface area contributed by atoms with Gasteiger partial charge in [0.1, 0.15) is 18.5 Å². The summed E-state index contributed by atoms with van der Waals surface area (Å²) in [5.41, 5.74) is -2.92. The van der Waals surface area contributed by atoms with Crippen LogP contribution in [-0.2, 0) is 26.1 Å². The highest BCUT2D eigenvalue weighted by Gasteiger charge is 2.51. The van der Waals surface area contributed by atoms with Gasteiger partial charge in [0.25, 0.3) is 15.9 Å². The predicted molar refractivity (Wildman–Crippen MR) is 139 cm³/mol. The number of amides is 2. The highest BCUT2D eigenvalue weighted by molar-refractivity contribution is 7.93. The maximum Gasteiger partial charge on any atom is 0.427 e. The lowest BCUT2D eigenvalue weighted by atomic mass is 10.1. The first-order chi connectivity index (χ1) is 19.0. The van der Waals surface area contributed by atoms with E-state index < -0.39 is 46.6 Å². The topological polar surface area (TPSA) is 161 Å². The number of aliphatic hydroxyl groups excluding tert-OH is 1. The molecule has 0 saturated heterocycles. The van der Waals surface area contributed by atoms with E-state index in [4.69, 9.17) is 9.47 Å². The van der Waals surface area contributed by atoms with Crippen LogP contribution in [0.3, 0.4) is 0 Å². The number of sulfonamides is 1. The van der Waals surface area contributed by atoms with Gasteiger partial charge in [0, 0.05) is 25.4 Å². The van der Waals surface area contributed by atoms with Crippen LogP contribution in [0.15, 0.2) is 29.3 Å². The summed E-state index contributed by atoms with van der Waals surface area (Å²) in [6, 6.07) is 3.18. The Kier molecular flexibility index (Phi) is 9.32. The molecule has 41 heavy (non-hydrogen) atoms. The average Bonchev–Trinajstić information content (AvgIpc) is 3.29. The number of hydrogen-bond donors (Lipinski definition) is 3. The number of nitrogens with one attached hydrogen (secondary N) is 2. The standard InChI is InChI=1S/C24H32F3N5O8S/c1-6-31-13-20(21(30-31)38-10-9-33)41(36,37)32-12-19(14(2)28-15(3)34)39-18-8-7-16(11-17(18)32)29-22(35)40-23(4,5)24(25,26)27/h7-8,11,13-14,19,33H,6,9-10,12H2,1-5H3,(H,28,34)(H,29,35)/t14-,19+/m0/s1. The molecule has 3 N–H and O–H groups in total. The fourth-order valence-corrected chi connectivity index (χ4v) is 5.33. The summed E-state index contributed by atoms with van der Waals surface area (Å²) in [6.45, 7) is 5.39. The number of aryl methyl sites for hydroxylation is 1. The number of aliphatic hydroxyl groups is 1. The van der Waals surface area contributed by atoms with Gasteiger partial charge in [-0.25, -0.2) is 13.2 Å². The predicted octanol–water partition coefficient (Wildman–Crippen LogP) is 2.64. The van der Waals surface area contributed by atoms with E-state index in [1.807, 2.05) is 0 Å². The molecule has 0 bridgehead atoms. The largest absolute Gasteiger partial charge is 0.484 e. The summed E-state index contributed by atoms with van der Waals surface area (Å²) in [6.07, 6.45) is -5.86. The van der Waals surface area contributed by atoms with Gasteiger partial charge in [0.15, 0.2) is 4.90 Å². The van der Waals surface area contributed by atoms with Gasteiger partial charge < -0.3 is 24.6 Å². The van der Waals surface area contributed by atoms with Gasteiger partial charge >= 0.3 is 12.3 Å². The van der Waals surface area contributed by atoms with Crippen molar-refractivity contribution in [2.75, 3.05) is 29.4 Å². The molecule has 0 aliphatic carbocycles. The lowest BCUT2D eigenvalue weighted by Crippen LogP contribution is -2.52. The number of carbonyl (C=O) groups is 2. The monoisotopic (exact) mass is 607 g/mol. The molecular formula is C24H32F3N5O8S. The van der Waals surface area contributed by atoms with E-state index in [1.54, 1.807) is 13.8 Å². The number of hydrogen-bond acceptors (Lipinski definition) is 9. The number of ether oxygens (including phenoxy) is 3. The molecule has 228 valence electrons. The molecule has 1 aromatic carbocycles. The molecule has 0 saturated carbocycles. The Labute approximate surface area is 234 Å². The first kappa shape index (κ1) is 31.8. The Hall–Kier alpha value is -3.73. The minimum Gasteiger partial charge on any atom is -0.484 e. The van der Waals surface area contributed by atoms with Crippen molar-refractivity contribution in [1.82, 2.24) is 15.1 Å². The molecule has 1 aliphatic rings. The van der Waals surface area contributed by atoms with Crippen LogP contribution in [0.25, 0.3) is 0 Å². The summed E-state index contributed by atoms with van der Waals surface area (Å²) in [4.78, 5) is 23.6. The van der Waals surface area contributed by atoms with Gasteiger partial charge in [-0.3, -0.25) is 19.1 Å². The molecular weight excluding hydrogens is 575 g/mol. The maximum absolute atomic E-state index is 14.0. The number of benzene rings is 1.